The first-order chi connectivity index (χ1) is 9.88. The Bertz CT molecular complexity index is 702. The molecule has 0 aliphatic heterocycles. The van der Waals surface area contributed by atoms with Gasteiger partial charge in [0.15, 0.2) is 0 Å². The number of phenols is 1. The molecule has 0 aliphatic rings. The van der Waals surface area contributed by atoms with Crippen molar-refractivity contribution in [3.05, 3.63) is 57.1 Å². The van der Waals surface area contributed by atoms with E-state index >= 15 is 0 Å². The monoisotopic (exact) mass is 325 g/mol. The lowest BCUT2D eigenvalue weighted by Crippen LogP contribution is -2.03. The number of aromatic carboxylic acids is 1. The van der Waals surface area contributed by atoms with E-state index in [4.69, 9.17) is 28.3 Å². The normalized spacial score (nSPS) is 10.4. The average Bonchev–Trinajstić information content (AvgIpc) is 2.42. The molecule has 110 valence electrons. The van der Waals surface area contributed by atoms with E-state index in [0.717, 1.165) is 11.3 Å². The number of hydrogen-bond acceptors (Lipinski definition) is 3. The highest BCUT2D eigenvalue weighted by molar-refractivity contribution is 6.35. The van der Waals surface area contributed by atoms with E-state index in [1.165, 1.54) is 12.1 Å². The standard InChI is InChI=1S/C15H13Cl2NO3/c1-8-4-9(15(20)21)2-3-13(8)18-7-10-5-11(16)6-12(17)14(10)19/h2-6,18-19H,7H2,1H3,(H,20,21). The molecule has 2 aromatic rings. The molecule has 0 heterocycles. The Morgan fingerprint density at radius 1 is 1.24 bits per heavy atom. The number of carboxylic acid groups (broad SMARTS) is 1. The van der Waals surface area contributed by atoms with Crippen LogP contribution in [0, 0.1) is 6.92 Å². The number of phenolic OH excluding ortho intramolecular Hbond substituents is 1. The Kier molecular flexibility index (Phi) is 4.60. The summed E-state index contributed by atoms with van der Waals surface area (Å²) < 4.78 is 0. The van der Waals surface area contributed by atoms with Gasteiger partial charge in [-0.3, -0.25) is 0 Å². The molecule has 0 aliphatic carbocycles. The fourth-order valence-corrected chi connectivity index (χ4v) is 2.48. The van der Waals surface area contributed by atoms with E-state index in [1.807, 2.05) is 0 Å². The molecule has 2 aromatic carbocycles. The summed E-state index contributed by atoms with van der Waals surface area (Å²) in [6.07, 6.45) is 0. The first-order valence-electron chi connectivity index (χ1n) is 6.13. The topological polar surface area (TPSA) is 69.6 Å². The second-order valence-corrected chi connectivity index (χ2v) is 5.43. The fourth-order valence-electron chi connectivity index (χ4n) is 1.94. The lowest BCUT2D eigenvalue weighted by atomic mass is 10.1. The van der Waals surface area contributed by atoms with Crippen molar-refractivity contribution >= 4 is 34.9 Å². The molecule has 0 radical (unpaired) electrons. The van der Waals surface area contributed by atoms with Gasteiger partial charge in [-0.15, -0.1) is 0 Å². The number of hydrogen-bond donors (Lipinski definition) is 3. The fraction of sp³-hybridized carbons (Fsp3) is 0.133. The highest BCUT2D eigenvalue weighted by Gasteiger charge is 2.09. The Balaban J connectivity index is 2.19. The van der Waals surface area contributed by atoms with Crippen LogP contribution in [0.25, 0.3) is 0 Å². The summed E-state index contributed by atoms with van der Waals surface area (Å²) in [5.74, 6) is -0.989. The van der Waals surface area contributed by atoms with Gasteiger partial charge < -0.3 is 15.5 Å². The van der Waals surface area contributed by atoms with Crippen LogP contribution in [-0.4, -0.2) is 16.2 Å². The van der Waals surface area contributed by atoms with Gasteiger partial charge in [0.05, 0.1) is 10.6 Å². The van der Waals surface area contributed by atoms with Crippen molar-refractivity contribution in [2.24, 2.45) is 0 Å². The third-order valence-electron chi connectivity index (χ3n) is 3.05. The van der Waals surface area contributed by atoms with Gasteiger partial charge in [-0.1, -0.05) is 23.2 Å². The number of aryl methyl sites for hydroxylation is 1. The molecule has 6 heteroatoms. The van der Waals surface area contributed by atoms with Crippen LogP contribution in [0.5, 0.6) is 5.75 Å². The van der Waals surface area contributed by atoms with Gasteiger partial charge in [-0.25, -0.2) is 4.79 Å². The summed E-state index contributed by atoms with van der Waals surface area (Å²) in [4.78, 5) is 10.9. The van der Waals surface area contributed by atoms with Crippen LogP contribution in [0.3, 0.4) is 0 Å². The average molecular weight is 326 g/mol. The molecule has 2 rings (SSSR count). The molecule has 0 bridgehead atoms. The van der Waals surface area contributed by atoms with E-state index in [-0.39, 0.29) is 16.3 Å². The Morgan fingerprint density at radius 3 is 2.57 bits per heavy atom. The third-order valence-corrected chi connectivity index (χ3v) is 3.56. The summed E-state index contributed by atoms with van der Waals surface area (Å²) in [6.45, 7) is 2.12. The number of carboxylic acids is 1. The number of carbonyl (C=O) groups is 1. The second kappa shape index (κ2) is 6.24. The van der Waals surface area contributed by atoms with Crippen molar-refractivity contribution in [1.29, 1.82) is 0 Å². The van der Waals surface area contributed by atoms with Crippen LogP contribution in [0.4, 0.5) is 5.69 Å². The minimum atomic E-state index is -0.969. The highest BCUT2D eigenvalue weighted by atomic mass is 35.5. The lowest BCUT2D eigenvalue weighted by molar-refractivity contribution is 0.0697. The summed E-state index contributed by atoms with van der Waals surface area (Å²) in [7, 11) is 0. The minimum absolute atomic E-state index is 0.0200. The molecule has 0 aromatic heterocycles. The molecule has 0 amide bonds. The van der Waals surface area contributed by atoms with Crippen LogP contribution in [0.2, 0.25) is 10.0 Å². The van der Waals surface area contributed by atoms with Gasteiger partial charge >= 0.3 is 5.97 Å². The molecule has 0 saturated heterocycles. The minimum Gasteiger partial charge on any atom is -0.506 e. The number of rotatable bonds is 4. The number of nitrogens with one attached hydrogen (secondary N) is 1. The van der Waals surface area contributed by atoms with E-state index in [0.29, 0.717) is 17.1 Å². The van der Waals surface area contributed by atoms with Gasteiger partial charge in [0.1, 0.15) is 5.75 Å². The van der Waals surface area contributed by atoms with E-state index < -0.39 is 5.97 Å². The molecule has 0 saturated carbocycles. The van der Waals surface area contributed by atoms with Crippen molar-refractivity contribution in [3.8, 4) is 5.75 Å². The second-order valence-electron chi connectivity index (χ2n) is 4.58. The largest absolute Gasteiger partial charge is 0.506 e. The number of benzene rings is 2. The maximum atomic E-state index is 10.9. The molecule has 0 fully saturated rings. The summed E-state index contributed by atoms with van der Waals surface area (Å²) >= 11 is 11.8. The maximum Gasteiger partial charge on any atom is 0.335 e. The van der Waals surface area contributed by atoms with Gasteiger partial charge in [0, 0.05) is 22.8 Å². The number of halogens is 2. The van der Waals surface area contributed by atoms with Crippen LogP contribution in [0.15, 0.2) is 30.3 Å². The van der Waals surface area contributed by atoms with Crippen molar-refractivity contribution in [3.63, 3.8) is 0 Å². The molecular weight excluding hydrogens is 313 g/mol. The van der Waals surface area contributed by atoms with Crippen molar-refractivity contribution in [2.45, 2.75) is 13.5 Å². The summed E-state index contributed by atoms with van der Waals surface area (Å²) in [6, 6.07) is 7.87. The predicted molar refractivity (Wildman–Crippen MR) is 83.6 cm³/mol. The molecule has 0 atom stereocenters. The van der Waals surface area contributed by atoms with Gasteiger partial charge in [0.25, 0.3) is 0 Å². The molecule has 3 N–H and O–H groups in total. The number of anilines is 1. The lowest BCUT2D eigenvalue weighted by Gasteiger charge is -2.12. The third kappa shape index (κ3) is 3.60. The van der Waals surface area contributed by atoms with Crippen molar-refractivity contribution < 1.29 is 15.0 Å². The van der Waals surface area contributed by atoms with Crippen LogP contribution in [-0.2, 0) is 6.54 Å². The molecule has 0 unspecified atom stereocenters. The zero-order valence-electron chi connectivity index (χ0n) is 11.2. The molecule has 4 nitrogen and oxygen atoms in total. The summed E-state index contributed by atoms with van der Waals surface area (Å²) in [5, 5.41) is 22.6. The SMILES string of the molecule is Cc1cc(C(=O)O)ccc1NCc1cc(Cl)cc(Cl)c1O. The summed E-state index contributed by atoms with van der Waals surface area (Å²) in [5.41, 5.74) is 2.36. The van der Waals surface area contributed by atoms with E-state index in [9.17, 15) is 9.90 Å². The van der Waals surface area contributed by atoms with Crippen LogP contribution < -0.4 is 5.32 Å². The van der Waals surface area contributed by atoms with Crippen molar-refractivity contribution in [1.82, 2.24) is 0 Å². The molecule has 0 spiro atoms. The number of aromatic hydroxyl groups is 1. The van der Waals surface area contributed by atoms with E-state index in [1.54, 1.807) is 25.1 Å². The Morgan fingerprint density at radius 2 is 1.95 bits per heavy atom. The predicted octanol–water partition coefficient (Wildman–Crippen LogP) is 4.32. The zero-order valence-corrected chi connectivity index (χ0v) is 12.7. The van der Waals surface area contributed by atoms with E-state index in [2.05, 4.69) is 5.32 Å². The Hall–Kier alpha value is -1.91. The van der Waals surface area contributed by atoms with Crippen LogP contribution in [0.1, 0.15) is 21.5 Å². The van der Waals surface area contributed by atoms with Gasteiger partial charge in [0.2, 0.25) is 0 Å². The van der Waals surface area contributed by atoms with Crippen molar-refractivity contribution in [2.75, 3.05) is 5.32 Å². The first kappa shape index (κ1) is 15.5. The van der Waals surface area contributed by atoms with Crippen LogP contribution >= 0.6 is 23.2 Å². The van der Waals surface area contributed by atoms with Gasteiger partial charge in [-0.05, 0) is 42.8 Å². The smallest absolute Gasteiger partial charge is 0.335 e. The Labute approximate surface area is 131 Å². The molecule has 21 heavy (non-hydrogen) atoms. The maximum absolute atomic E-state index is 10.9. The first-order valence-corrected chi connectivity index (χ1v) is 6.89. The molecular formula is C15H13Cl2NO3. The quantitative estimate of drug-likeness (QED) is 0.783. The van der Waals surface area contributed by atoms with Gasteiger partial charge in [-0.2, -0.15) is 0 Å². The highest BCUT2D eigenvalue weighted by Crippen LogP contribution is 2.31. The zero-order chi connectivity index (χ0) is 15.6.